The molecule has 4 aliphatic carbocycles. The van der Waals surface area contributed by atoms with Gasteiger partial charge in [-0.1, -0.05) is 19.4 Å². The molecule has 4 aliphatic rings. The van der Waals surface area contributed by atoms with Gasteiger partial charge in [0.2, 0.25) is 0 Å². The molecule has 3 heteroatoms. The van der Waals surface area contributed by atoms with Gasteiger partial charge in [-0.25, -0.2) is 0 Å². The molecule has 3 nitrogen and oxygen atoms in total. The van der Waals surface area contributed by atoms with E-state index in [1.807, 2.05) is 6.08 Å². The Morgan fingerprint density at radius 3 is 2.58 bits per heavy atom. The standard InChI is InChI=1S/C21H28O3/c1-12(22)16-6-7-17-15-5-4-13-10-14(23)8-9-20(13,2)19(15)18(24)11-21(16,17)3/h10,15-17,19H,4-9,11H2,1-3H3/t15-,16-,17-,19+,20-,21-/m1/s1. The third-order valence-corrected chi connectivity index (χ3v) is 8.14. The topological polar surface area (TPSA) is 51.2 Å². The number of Topliss-reactive ketones (excluding diaryl/α,β-unsaturated/α-hetero) is 2. The number of rotatable bonds is 1. The van der Waals surface area contributed by atoms with Crippen molar-refractivity contribution in [3.05, 3.63) is 11.6 Å². The fourth-order valence-electron chi connectivity index (χ4n) is 7.05. The van der Waals surface area contributed by atoms with Crippen molar-refractivity contribution in [2.24, 2.45) is 34.5 Å². The number of allylic oxidation sites excluding steroid dienone is 1. The zero-order valence-electron chi connectivity index (χ0n) is 15.1. The van der Waals surface area contributed by atoms with Crippen molar-refractivity contribution in [2.75, 3.05) is 0 Å². The second-order valence-electron chi connectivity index (χ2n) is 9.23. The van der Waals surface area contributed by atoms with Gasteiger partial charge in [0.25, 0.3) is 0 Å². The molecule has 3 saturated carbocycles. The zero-order valence-corrected chi connectivity index (χ0v) is 15.1. The van der Waals surface area contributed by atoms with Crippen LogP contribution in [0, 0.1) is 34.5 Å². The van der Waals surface area contributed by atoms with E-state index < -0.39 is 0 Å². The highest BCUT2D eigenvalue weighted by Gasteiger charge is 2.62. The molecule has 0 saturated heterocycles. The molecule has 4 rings (SSSR count). The van der Waals surface area contributed by atoms with E-state index in [0.29, 0.717) is 30.5 Å². The second-order valence-corrected chi connectivity index (χ2v) is 9.23. The Hall–Kier alpha value is -1.25. The molecule has 0 unspecified atom stereocenters. The van der Waals surface area contributed by atoms with E-state index in [4.69, 9.17) is 0 Å². The first-order chi connectivity index (χ1) is 11.3. The third-order valence-electron chi connectivity index (χ3n) is 8.14. The molecule has 6 atom stereocenters. The monoisotopic (exact) mass is 328 g/mol. The van der Waals surface area contributed by atoms with Crippen molar-refractivity contribution in [1.82, 2.24) is 0 Å². The summed E-state index contributed by atoms with van der Waals surface area (Å²) in [6.45, 7) is 6.12. The molecule has 3 fully saturated rings. The summed E-state index contributed by atoms with van der Waals surface area (Å²) >= 11 is 0. The number of carbonyl (C=O) groups is 3. The molecule has 0 bridgehead atoms. The van der Waals surface area contributed by atoms with Crippen LogP contribution in [0.1, 0.15) is 65.7 Å². The Morgan fingerprint density at radius 1 is 1.12 bits per heavy atom. The second kappa shape index (κ2) is 5.12. The molecule has 24 heavy (non-hydrogen) atoms. The summed E-state index contributed by atoms with van der Waals surface area (Å²) < 4.78 is 0. The summed E-state index contributed by atoms with van der Waals surface area (Å²) in [5.41, 5.74) is 0.966. The first kappa shape index (κ1) is 16.2. The Bertz CT molecular complexity index is 660. The van der Waals surface area contributed by atoms with E-state index >= 15 is 0 Å². The van der Waals surface area contributed by atoms with Crippen LogP contribution < -0.4 is 0 Å². The van der Waals surface area contributed by atoms with Gasteiger partial charge in [0.1, 0.15) is 11.6 Å². The van der Waals surface area contributed by atoms with Crippen molar-refractivity contribution in [3.63, 3.8) is 0 Å². The molecule has 0 heterocycles. The maximum absolute atomic E-state index is 13.3. The minimum absolute atomic E-state index is 0.0603. The SMILES string of the molecule is CC(=O)[C@H]1CC[C@@H]2[C@H]3CCC4=CC(=O)CC[C@@]4(C)[C@@H]3C(=O)C[C@]12C. The van der Waals surface area contributed by atoms with Crippen LogP contribution in [0.4, 0.5) is 0 Å². The number of ketones is 3. The fraction of sp³-hybridized carbons (Fsp3) is 0.762. The van der Waals surface area contributed by atoms with Crippen molar-refractivity contribution in [3.8, 4) is 0 Å². The van der Waals surface area contributed by atoms with Gasteiger partial charge < -0.3 is 0 Å². The molecule has 0 amide bonds. The summed E-state index contributed by atoms with van der Waals surface area (Å²) in [4.78, 5) is 37.3. The maximum atomic E-state index is 13.3. The molecule has 0 spiro atoms. The smallest absolute Gasteiger partial charge is 0.155 e. The maximum Gasteiger partial charge on any atom is 0.155 e. The fourth-order valence-corrected chi connectivity index (χ4v) is 7.05. The predicted molar refractivity (Wildman–Crippen MR) is 91.3 cm³/mol. The van der Waals surface area contributed by atoms with Crippen LogP contribution in [-0.2, 0) is 14.4 Å². The van der Waals surface area contributed by atoms with E-state index in [2.05, 4.69) is 13.8 Å². The van der Waals surface area contributed by atoms with Crippen LogP contribution in [0.5, 0.6) is 0 Å². The molecule has 0 aromatic carbocycles. The molecule has 0 radical (unpaired) electrons. The molecule has 0 aromatic rings. The highest BCUT2D eigenvalue weighted by atomic mass is 16.1. The number of hydrogen-bond donors (Lipinski definition) is 0. The summed E-state index contributed by atoms with van der Waals surface area (Å²) in [5.74, 6) is 1.86. The van der Waals surface area contributed by atoms with Crippen molar-refractivity contribution in [2.45, 2.75) is 65.7 Å². The van der Waals surface area contributed by atoms with Gasteiger partial charge in [0, 0.05) is 24.7 Å². The van der Waals surface area contributed by atoms with Crippen LogP contribution in [0.2, 0.25) is 0 Å². The van der Waals surface area contributed by atoms with Crippen LogP contribution in [0.15, 0.2) is 11.6 Å². The van der Waals surface area contributed by atoms with E-state index in [-0.39, 0.29) is 34.2 Å². The Morgan fingerprint density at radius 2 is 1.88 bits per heavy atom. The molecule has 0 aliphatic heterocycles. The van der Waals surface area contributed by atoms with Gasteiger partial charge in [0.15, 0.2) is 5.78 Å². The third kappa shape index (κ3) is 1.99. The predicted octanol–water partition coefficient (Wildman–Crippen LogP) is 3.90. The number of fused-ring (bicyclic) bond motifs is 5. The van der Waals surface area contributed by atoms with Gasteiger partial charge in [-0.2, -0.15) is 0 Å². The number of carbonyl (C=O) groups excluding carboxylic acids is 3. The van der Waals surface area contributed by atoms with E-state index in [9.17, 15) is 14.4 Å². The van der Waals surface area contributed by atoms with Gasteiger partial charge >= 0.3 is 0 Å². The Kier molecular flexibility index (Phi) is 3.47. The summed E-state index contributed by atoms with van der Waals surface area (Å²) in [7, 11) is 0. The molecule has 0 N–H and O–H groups in total. The lowest BCUT2D eigenvalue weighted by Crippen LogP contribution is -2.55. The van der Waals surface area contributed by atoms with Crippen molar-refractivity contribution in [1.29, 1.82) is 0 Å². The summed E-state index contributed by atoms with van der Waals surface area (Å²) in [6, 6.07) is 0. The van der Waals surface area contributed by atoms with Crippen LogP contribution in [0.25, 0.3) is 0 Å². The van der Waals surface area contributed by atoms with Gasteiger partial charge in [-0.3, -0.25) is 14.4 Å². The van der Waals surface area contributed by atoms with Gasteiger partial charge in [0.05, 0.1) is 0 Å². The summed E-state index contributed by atoms with van der Waals surface area (Å²) in [6.07, 6.45) is 7.80. The lowest BCUT2D eigenvalue weighted by atomic mass is 9.46. The largest absolute Gasteiger partial charge is 0.300 e. The summed E-state index contributed by atoms with van der Waals surface area (Å²) in [5, 5.41) is 0. The molecular formula is C21H28O3. The highest BCUT2D eigenvalue weighted by molar-refractivity contribution is 5.93. The zero-order chi connectivity index (χ0) is 17.3. The Labute approximate surface area is 144 Å². The number of hydrogen-bond acceptors (Lipinski definition) is 3. The van der Waals surface area contributed by atoms with Crippen LogP contribution >= 0.6 is 0 Å². The van der Waals surface area contributed by atoms with Crippen LogP contribution in [-0.4, -0.2) is 17.3 Å². The highest BCUT2D eigenvalue weighted by Crippen LogP contribution is 2.65. The molecule has 130 valence electrons. The van der Waals surface area contributed by atoms with Crippen molar-refractivity contribution < 1.29 is 14.4 Å². The first-order valence-electron chi connectivity index (χ1n) is 9.54. The van der Waals surface area contributed by atoms with Gasteiger partial charge in [-0.05, 0) is 67.8 Å². The van der Waals surface area contributed by atoms with Crippen LogP contribution in [0.3, 0.4) is 0 Å². The van der Waals surface area contributed by atoms with Gasteiger partial charge in [-0.15, -0.1) is 0 Å². The molecule has 0 aromatic heterocycles. The minimum atomic E-state index is -0.133. The van der Waals surface area contributed by atoms with E-state index in [1.54, 1.807) is 6.92 Å². The lowest BCUT2D eigenvalue weighted by Gasteiger charge is -2.56. The average molecular weight is 328 g/mol. The van der Waals surface area contributed by atoms with Crippen molar-refractivity contribution >= 4 is 17.3 Å². The lowest BCUT2D eigenvalue weighted by molar-refractivity contribution is -0.148. The van der Waals surface area contributed by atoms with E-state index in [0.717, 1.165) is 32.1 Å². The minimum Gasteiger partial charge on any atom is -0.300 e. The first-order valence-corrected chi connectivity index (χ1v) is 9.54. The quantitative estimate of drug-likeness (QED) is 0.733. The average Bonchev–Trinajstić information content (AvgIpc) is 2.84. The molecular weight excluding hydrogens is 300 g/mol. The normalized spacial score (nSPS) is 47.5. The van der Waals surface area contributed by atoms with E-state index in [1.165, 1.54) is 5.57 Å². The Balaban J connectivity index is 1.74.